The first-order valence-electron chi connectivity index (χ1n) is 8.71. The van der Waals surface area contributed by atoms with E-state index in [4.69, 9.17) is 9.47 Å². The third-order valence-electron chi connectivity index (χ3n) is 4.97. The van der Waals surface area contributed by atoms with Crippen LogP contribution in [0.2, 0.25) is 0 Å². The second-order valence-corrected chi connectivity index (χ2v) is 8.45. The highest BCUT2D eigenvalue weighted by Crippen LogP contribution is 2.37. The van der Waals surface area contributed by atoms with E-state index in [-0.39, 0.29) is 11.9 Å². The third kappa shape index (κ3) is 3.93. The molecular weight excluding hydrogens is 356 g/mol. The SMILES string of the molecule is COc1ccc(CN2CCC(C(O)[C@H]3COC(C)(C)N3C(=O)O)S2)cc1. The highest BCUT2D eigenvalue weighted by molar-refractivity contribution is 7.97. The largest absolute Gasteiger partial charge is 0.497 e. The Balaban J connectivity index is 1.60. The fourth-order valence-electron chi connectivity index (χ4n) is 3.56. The monoisotopic (exact) mass is 382 g/mol. The van der Waals surface area contributed by atoms with E-state index in [0.29, 0.717) is 0 Å². The number of rotatable bonds is 5. The Hall–Kier alpha value is -1.48. The van der Waals surface area contributed by atoms with Crippen LogP contribution in [0.4, 0.5) is 4.79 Å². The molecule has 1 aromatic carbocycles. The van der Waals surface area contributed by atoms with Gasteiger partial charge in [0.2, 0.25) is 0 Å². The van der Waals surface area contributed by atoms with Crippen LogP contribution in [-0.2, 0) is 11.3 Å². The molecule has 3 rings (SSSR count). The number of aliphatic hydroxyl groups is 1. The van der Waals surface area contributed by atoms with Gasteiger partial charge in [-0.05, 0) is 38.0 Å². The minimum Gasteiger partial charge on any atom is -0.497 e. The van der Waals surface area contributed by atoms with Gasteiger partial charge in [-0.25, -0.2) is 9.10 Å². The van der Waals surface area contributed by atoms with Gasteiger partial charge < -0.3 is 19.7 Å². The minimum absolute atomic E-state index is 0.0439. The molecule has 0 radical (unpaired) electrons. The summed E-state index contributed by atoms with van der Waals surface area (Å²) in [5.74, 6) is 0.828. The first-order chi connectivity index (χ1) is 12.3. The van der Waals surface area contributed by atoms with Crippen LogP contribution in [0.5, 0.6) is 5.75 Å². The van der Waals surface area contributed by atoms with Crippen molar-refractivity contribution in [3.8, 4) is 5.75 Å². The van der Waals surface area contributed by atoms with Gasteiger partial charge in [-0.2, -0.15) is 0 Å². The van der Waals surface area contributed by atoms with Crippen molar-refractivity contribution < 1.29 is 24.5 Å². The predicted octanol–water partition coefficient (Wildman–Crippen LogP) is 2.39. The molecule has 0 aliphatic carbocycles. The van der Waals surface area contributed by atoms with Crippen molar-refractivity contribution in [3.05, 3.63) is 29.8 Å². The molecule has 2 aliphatic heterocycles. The Morgan fingerprint density at radius 1 is 1.42 bits per heavy atom. The van der Waals surface area contributed by atoms with Crippen molar-refractivity contribution >= 4 is 18.0 Å². The number of hydrogen-bond donors (Lipinski definition) is 2. The van der Waals surface area contributed by atoms with Gasteiger partial charge >= 0.3 is 6.09 Å². The minimum atomic E-state index is -1.06. The molecule has 2 N–H and O–H groups in total. The van der Waals surface area contributed by atoms with Crippen LogP contribution in [0.3, 0.4) is 0 Å². The molecule has 26 heavy (non-hydrogen) atoms. The van der Waals surface area contributed by atoms with Crippen molar-refractivity contribution in [3.63, 3.8) is 0 Å². The van der Waals surface area contributed by atoms with Crippen molar-refractivity contribution in [2.75, 3.05) is 20.3 Å². The highest BCUT2D eigenvalue weighted by Gasteiger charge is 2.49. The standard InChI is InChI=1S/C18H26N2O5S/c1-18(2)20(17(22)23)14(11-25-18)16(21)15-8-9-19(26-15)10-12-4-6-13(24-3)7-5-12/h4-7,14-16,21H,8-11H2,1-3H3,(H,22,23)/t14-,15?,16?/m1/s1. The van der Waals surface area contributed by atoms with Crippen molar-refractivity contribution in [1.82, 2.24) is 9.21 Å². The second-order valence-electron chi connectivity index (χ2n) is 7.11. The summed E-state index contributed by atoms with van der Waals surface area (Å²) in [7, 11) is 1.64. The molecule has 2 fully saturated rings. The lowest BCUT2D eigenvalue weighted by atomic mass is 10.0. The summed E-state index contributed by atoms with van der Waals surface area (Å²) >= 11 is 1.60. The molecule has 7 nitrogen and oxygen atoms in total. The summed E-state index contributed by atoms with van der Waals surface area (Å²) in [4.78, 5) is 12.9. The van der Waals surface area contributed by atoms with Gasteiger partial charge in [0.25, 0.3) is 0 Å². The fourth-order valence-corrected chi connectivity index (χ4v) is 4.89. The van der Waals surface area contributed by atoms with Gasteiger partial charge in [0.1, 0.15) is 11.5 Å². The first kappa shape index (κ1) is 19.3. The molecule has 2 heterocycles. The molecule has 0 bridgehead atoms. The van der Waals surface area contributed by atoms with Gasteiger partial charge in [-0.15, -0.1) is 0 Å². The van der Waals surface area contributed by atoms with E-state index >= 15 is 0 Å². The average molecular weight is 382 g/mol. The molecule has 0 spiro atoms. The van der Waals surface area contributed by atoms with E-state index in [1.54, 1.807) is 32.9 Å². The molecule has 0 saturated carbocycles. The van der Waals surface area contributed by atoms with Crippen LogP contribution in [0, 0.1) is 0 Å². The molecule has 8 heteroatoms. The van der Waals surface area contributed by atoms with Gasteiger partial charge in [-0.1, -0.05) is 24.1 Å². The molecule has 3 atom stereocenters. The Labute approximate surface area is 158 Å². The Kier molecular flexibility index (Phi) is 5.67. The number of carboxylic acid groups (broad SMARTS) is 1. The van der Waals surface area contributed by atoms with Crippen molar-refractivity contribution in [1.29, 1.82) is 0 Å². The van der Waals surface area contributed by atoms with Crippen LogP contribution in [-0.4, -0.2) is 68.9 Å². The molecular formula is C18H26N2O5S. The van der Waals surface area contributed by atoms with Crippen molar-refractivity contribution in [2.24, 2.45) is 0 Å². The van der Waals surface area contributed by atoms with Gasteiger partial charge in [0.05, 0.1) is 25.9 Å². The summed E-state index contributed by atoms with van der Waals surface area (Å²) in [6.07, 6.45) is -1.01. The van der Waals surface area contributed by atoms with Crippen LogP contribution in [0.1, 0.15) is 25.8 Å². The highest BCUT2D eigenvalue weighted by atomic mass is 32.2. The summed E-state index contributed by atoms with van der Waals surface area (Å²) in [6, 6.07) is 7.39. The Morgan fingerprint density at radius 3 is 2.73 bits per heavy atom. The first-order valence-corrected chi connectivity index (χ1v) is 9.54. The molecule has 0 aromatic heterocycles. The van der Waals surface area contributed by atoms with Gasteiger partial charge in [0.15, 0.2) is 0 Å². The maximum absolute atomic E-state index is 11.6. The normalized spacial score (nSPS) is 26.8. The molecule has 2 aliphatic rings. The van der Waals surface area contributed by atoms with Crippen LogP contribution < -0.4 is 4.74 Å². The zero-order chi connectivity index (χ0) is 18.9. The number of benzene rings is 1. The lowest BCUT2D eigenvalue weighted by Crippen LogP contribution is -2.53. The van der Waals surface area contributed by atoms with Crippen molar-refractivity contribution in [2.45, 2.75) is 49.9 Å². The van der Waals surface area contributed by atoms with E-state index in [1.165, 1.54) is 10.5 Å². The number of nitrogens with zero attached hydrogens (tertiary/aromatic N) is 2. The molecule has 1 amide bonds. The van der Waals surface area contributed by atoms with Crippen LogP contribution in [0.25, 0.3) is 0 Å². The third-order valence-corrected chi connectivity index (χ3v) is 6.36. The number of aliphatic hydroxyl groups excluding tert-OH is 1. The number of carbonyl (C=O) groups is 1. The lowest BCUT2D eigenvalue weighted by Gasteiger charge is -2.34. The molecule has 144 valence electrons. The van der Waals surface area contributed by atoms with Gasteiger partial charge in [0, 0.05) is 18.3 Å². The summed E-state index contributed by atoms with van der Waals surface area (Å²) in [5, 5.41) is 20.3. The summed E-state index contributed by atoms with van der Waals surface area (Å²) in [5.41, 5.74) is 0.259. The number of amides is 1. The second kappa shape index (κ2) is 7.64. The fraction of sp³-hybridized carbons (Fsp3) is 0.611. The maximum Gasteiger partial charge on any atom is 0.409 e. The quantitative estimate of drug-likeness (QED) is 0.757. The molecule has 1 aromatic rings. The number of ether oxygens (including phenoxy) is 2. The van der Waals surface area contributed by atoms with E-state index in [9.17, 15) is 15.0 Å². The van der Waals surface area contributed by atoms with Gasteiger partial charge in [-0.3, -0.25) is 4.90 Å². The van der Waals surface area contributed by atoms with E-state index in [1.807, 2.05) is 24.3 Å². The number of hydrogen-bond acceptors (Lipinski definition) is 6. The molecule has 2 saturated heterocycles. The smallest absolute Gasteiger partial charge is 0.409 e. The van der Waals surface area contributed by atoms with Crippen LogP contribution >= 0.6 is 11.9 Å². The van der Waals surface area contributed by atoms with Crippen LogP contribution in [0.15, 0.2) is 24.3 Å². The number of methoxy groups -OCH3 is 1. The summed E-state index contributed by atoms with van der Waals surface area (Å²) in [6.45, 7) is 5.27. The zero-order valence-electron chi connectivity index (χ0n) is 15.3. The predicted molar refractivity (Wildman–Crippen MR) is 99.1 cm³/mol. The Bertz CT molecular complexity index is 639. The Morgan fingerprint density at radius 2 is 2.12 bits per heavy atom. The maximum atomic E-state index is 11.6. The topological polar surface area (TPSA) is 82.5 Å². The summed E-state index contributed by atoms with van der Waals surface area (Å²) < 4.78 is 13.0. The molecule has 2 unspecified atom stereocenters. The lowest BCUT2D eigenvalue weighted by molar-refractivity contribution is -0.0465. The van der Waals surface area contributed by atoms with E-state index in [0.717, 1.165) is 25.3 Å². The van der Waals surface area contributed by atoms with E-state index in [2.05, 4.69) is 4.31 Å². The zero-order valence-corrected chi connectivity index (χ0v) is 16.1. The average Bonchev–Trinajstić information content (AvgIpc) is 3.18. The van der Waals surface area contributed by atoms with E-state index < -0.39 is 24.0 Å².